The van der Waals surface area contributed by atoms with Crippen molar-refractivity contribution < 1.29 is 38.4 Å². The molecule has 2 aromatic rings. The number of rotatable bonds is 13. The average molecular weight is 511 g/mol. The number of hydrogen-bond acceptors (Lipinski definition) is 8. The molecule has 0 aliphatic rings. The van der Waals surface area contributed by atoms with Crippen LogP contribution in [0.2, 0.25) is 0 Å². The Labute approximate surface area is 217 Å². The highest BCUT2D eigenvalue weighted by atomic mass is 16.6. The first kappa shape index (κ1) is 29.2. The summed E-state index contributed by atoms with van der Waals surface area (Å²) in [6.45, 7) is 5.78. The number of ketones is 2. The fraction of sp³-hybridized carbons (Fsp3) is 0.345. The van der Waals surface area contributed by atoms with Crippen LogP contribution in [-0.2, 0) is 19.1 Å². The number of ether oxygens (including phenoxy) is 4. The lowest BCUT2D eigenvalue weighted by atomic mass is 10.1. The van der Waals surface area contributed by atoms with Crippen molar-refractivity contribution in [2.45, 2.75) is 45.6 Å². The van der Waals surface area contributed by atoms with E-state index in [1.54, 1.807) is 42.5 Å². The van der Waals surface area contributed by atoms with Gasteiger partial charge in [0, 0.05) is 6.42 Å². The minimum atomic E-state index is -0.516. The van der Waals surface area contributed by atoms with Gasteiger partial charge < -0.3 is 24.1 Å². The topological polar surface area (TPSA) is 108 Å². The zero-order chi connectivity index (χ0) is 27.4. The van der Waals surface area contributed by atoms with Gasteiger partial charge in [-0.1, -0.05) is 24.3 Å². The zero-order valence-electron chi connectivity index (χ0n) is 21.9. The summed E-state index contributed by atoms with van der Waals surface area (Å²) in [4.78, 5) is 36.2. The lowest BCUT2D eigenvalue weighted by Gasteiger charge is -2.19. The van der Waals surface area contributed by atoms with Gasteiger partial charge in [-0.05, 0) is 74.7 Å². The lowest BCUT2D eigenvalue weighted by Crippen LogP contribution is -2.23. The number of allylic oxidation sites excluding steroid dienone is 2. The molecule has 0 aliphatic carbocycles. The molecule has 37 heavy (non-hydrogen) atoms. The second kappa shape index (κ2) is 13.9. The third-order valence-corrected chi connectivity index (χ3v) is 4.87. The lowest BCUT2D eigenvalue weighted by molar-refractivity contribution is -0.155. The highest BCUT2D eigenvalue weighted by Crippen LogP contribution is 2.29. The smallest absolute Gasteiger partial charge is 0.306 e. The largest absolute Gasteiger partial charge is 0.504 e. The van der Waals surface area contributed by atoms with Crippen LogP contribution in [0.15, 0.2) is 48.6 Å². The molecular formula is C29H34O8. The van der Waals surface area contributed by atoms with Crippen LogP contribution in [0.25, 0.3) is 12.2 Å². The number of phenols is 1. The van der Waals surface area contributed by atoms with Crippen molar-refractivity contribution in [3.63, 3.8) is 0 Å². The predicted molar refractivity (Wildman–Crippen MR) is 141 cm³/mol. The second-order valence-electron chi connectivity index (χ2n) is 9.16. The van der Waals surface area contributed by atoms with Crippen molar-refractivity contribution >= 4 is 29.7 Å². The summed E-state index contributed by atoms with van der Waals surface area (Å²) in [6.07, 6.45) is 6.27. The van der Waals surface area contributed by atoms with Crippen LogP contribution in [0, 0.1) is 0 Å². The standard InChI is InChI=1S/C29H34O8/c1-29(2,3)37-28(33)7-6-16-36-25-15-11-21(18-27(25)35-5)9-13-23(31)19-22(30)12-8-20-10-14-24(32)26(17-20)34-4/h8-15,17-18,32H,6-7,16,19H2,1-5H3/b12-8+,13-9+. The van der Waals surface area contributed by atoms with Crippen LogP contribution in [0.4, 0.5) is 0 Å². The maximum Gasteiger partial charge on any atom is 0.306 e. The Morgan fingerprint density at radius 3 is 1.97 bits per heavy atom. The van der Waals surface area contributed by atoms with Gasteiger partial charge in [0.1, 0.15) is 5.60 Å². The van der Waals surface area contributed by atoms with Crippen LogP contribution < -0.4 is 14.2 Å². The van der Waals surface area contributed by atoms with E-state index in [0.29, 0.717) is 41.4 Å². The van der Waals surface area contributed by atoms with E-state index in [0.717, 1.165) is 0 Å². The van der Waals surface area contributed by atoms with E-state index in [1.807, 2.05) is 20.8 Å². The molecule has 0 aromatic heterocycles. The summed E-state index contributed by atoms with van der Waals surface area (Å²) in [5.74, 6) is 0.315. The van der Waals surface area contributed by atoms with E-state index < -0.39 is 5.60 Å². The first-order valence-electron chi connectivity index (χ1n) is 11.8. The Kier molecular flexibility index (Phi) is 10.9. The van der Waals surface area contributed by atoms with Crippen LogP contribution in [-0.4, -0.2) is 49.1 Å². The highest BCUT2D eigenvalue weighted by molar-refractivity contribution is 6.10. The molecule has 0 unspecified atom stereocenters. The molecule has 0 saturated heterocycles. The molecule has 2 aromatic carbocycles. The van der Waals surface area contributed by atoms with Gasteiger partial charge in [0.2, 0.25) is 0 Å². The molecule has 2 rings (SSSR count). The van der Waals surface area contributed by atoms with Crippen LogP contribution in [0.1, 0.15) is 51.2 Å². The number of hydrogen-bond donors (Lipinski definition) is 1. The van der Waals surface area contributed by atoms with Crippen LogP contribution >= 0.6 is 0 Å². The Morgan fingerprint density at radius 1 is 0.838 bits per heavy atom. The quantitative estimate of drug-likeness (QED) is 0.170. The highest BCUT2D eigenvalue weighted by Gasteiger charge is 2.16. The number of carbonyl (C=O) groups is 3. The zero-order valence-corrected chi connectivity index (χ0v) is 21.9. The Bertz CT molecular complexity index is 1150. The monoisotopic (exact) mass is 510 g/mol. The first-order chi connectivity index (χ1) is 17.5. The Balaban J connectivity index is 1.87. The van der Waals surface area contributed by atoms with Crippen LogP contribution in [0.5, 0.6) is 23.0 Å². The van der Waals surface area contributed by atoms with Crippen molar-refractivity contribution in [1.29, 1.82) is 0 Å². The van der Waals surface area contributed by atoms with E-state index >= 15 is 0 Å². The van der Waals surface area contributed by atoms with E-state index in [2.05, 4.69) is 0 Å². The molecule has 0 fully saturated rings. The fourth-order valence-corrected chi connectivity index (χ4v) is 3.16. The average Bonchev–Trinajstić information content (AvgIpc) is 2.84. The minimum absolute atomic E-state index is 0.000661. The molecule has 0 bridgehead atoms. The van der Waals surface area contributed by atoms with Gasteiger partial charge in [0.15, 0.2) is 34.6 Å². The molecule has 0 spiro atoms. The summed E-state index contributed by atoms with van der Waals surface area (Å²) in [5, 5.41) is 9.63. The van der Waals surface area contributed by atoms with Gasteiger partial charge in [-0.3, -0.25) is 14.4 Å². The molecule has 0 radical (unpaired) electrons. The predicted octanol–water partition coefficient (Wildman–Crippen LogP) is 5.17. The fourth-order valence-electron chi connectivity index (χ4n) is 3.16. The molecule has 8 nitrogen and oxygen atoms in total. The summed E-state index contributed by atoms with van der Waals surface area (Å²) < 4.78 is 21.4. The number of carbonyl (C=O) groups excluding carboxylic acids is 3. The number of esters is 1. The van der Waals surface area contributed by atoms with E-state index in [9.17, 15) is 19.5 Å². The summed E-state index contributed by atoms with van der Waals surface area (Å²) >= 11 is 0. The summed E-state index contributed by atoms with van der Waals surface area (Å²) in [5.41, 5.74) is 0.842. The summed E-state index contributed by atoms with van der Waals surface area (Å²) in [6, 6.07) is 9.87. The first-order valence-corrected chi connectivity index (χ1v) is 11.8. The van der Waals surface area contributed by atoms with E-state index in [4.69, 9.17) is 18.9 Å². The molecular weight excluding hydrogens is 476 g/mol. The third-order valence-electron chi connectivity index (χ3n) is 4.87. The molecule has 0 amide bonds. The maximum atomic E-state index is 12.2. The van der Waals surface area contributed by atoms with Crippen molar-refractivity contribution in [2.75, 3.05) is 20.8 Å². The van der Waals surface area contributed by atoms with Gasteiger partial charge in [-0.2, -0.15) is 0 Å². The normalized spacial score (nSPS) is 11.5. The Hall–Kier alpha value is -4.07. The van der Waals surface area contributed by atoms with Gasteiger partial charge in [0.05, 0.1) is 27.2 Å². The second-order valence-corrected chi connectivity index (χ2v) is 9.16. The molecule has 0 saturated carbocycles. The SMILES string of the molecule is COc1cc(/C=C/C(=O)CC(=O)/C=C/c2ccc(OCCCC(=O)OC(C)(C)C)c(OC)c2)ccc1O. The minimum Gasteiger partial charge on any atom is -0.504 e. The number of methoxy groups -OCH3 is 2. The maximum absolute atomic E-state index is 12.2. The van der Waals surface area contributed by atoms with Gasteiger partial charge >= 0.3 is 5.97 Å². The number of aromatic hydroxyl groups is 1. The van der Waals surface area contributed by atoms with Gasteiger partial charge in [-0.25, -0.2) is 0 Å². The van der Waals surface area contributed by atoms with Crippen molar-refractivity contribution in [2.24, 2.45) is 0 Å². The molecule has 0 atom stereocenters. The summed E-state index contributed by atoms with van der Waals surface area (Å²) in [7, 11) is 2.94. The number of benzene rings is 2. The van der Waals surface area contributed by atoms with Crippen molar-refractivity contribution in [3.05, 3.63) is 59.7 Å². The third kappa shape index (κ3) is 10.6. The molecule has 0 heterocycles. The molecule has 0 aliphatic heterocycles. The molecule has 198 valence electrons. The van der Waals surface area contributed by atoms with Crippen molar-refractivity contribution in [3.8, 4) is 23.0 Å². The van der Waals surface area contributed by atoms with Gasteiger partial charge in [-0.15, -0.1) is 0 Å². The Morgan fingerprint density at radius 2 is 1.41 bits per heavy atom. The molecule has 8 heteroatoms. The molecule has 1 N–H and O–H groups in total. The van der Waals surface area contributed by atoms with Crippen molar-refractivity contribution in [1.82, 2.24) is 0 Å². The van der Waals surface area contributed by atoms with Gasteiger partial charge in [0.25, 0.3) is 0 Å². The van der Waals surface area contributed by atoms with E-state index in [1.165, 1.54) is 32.4 Å². The van der Waals surface area contributed by atoms with Crippen LogP contribution in [0.3, 0.4) is 0 Å². The number of phenolic OH excluding ortho intramolecular Hbond substituents is 1. The van der Waals surface area contributed by atoms with E-state index in [-0.39, 0.29) is 36.1 Å².